The number of thioether (sulfide) groups is 1. The van der Waals surface area contributed by atoms with Crippen LogP contribution in [-0.4, -0.2) is 42.0 Å². The Balaban J connectivity index is 2.32. The molecule has 0 aliphatic carbocycles. The van der Waals surface area contributed by atoms with E-state index in [1.54, 1.807) is 12.1 Å². The molecule has 1 rings (SSSR count). The average Bonchev–Trinajstić information content (AvgIpc) is 2.30. The van der Waals surface area contributed by atoms with E-state index in [1.165, 1.54) is 17.8 Å². The summed E-state index contributed by atoms with van der Waals surface area (Å²) in [4.78, 5) is 2.84. The Morgan fingerprint density at radius 2 is 2.06 bits per heavy atom. The van der Waals surface area contributed by atoms with Gasteiger partial charge in [0, 0.05) is 23.7 Å². The van der Waals surface area contributed by atoms with Crippen molar-refractivity contribution < 1.29 is 9.50 Å². The highest BCUT2D eigenvalue weighted by Crippen LogP contribution is 2.20. The summed E-state index contributed by atoms with van der Waals surface area (Å²) in [6.07, 6.45) is 0. The first-order valence-corrected chi connectivity index (χ1v) is 6.47. The van der Waals surface area contributed by atoms with Crippen molar-refractivity contribution in [2.24, 2.45) is 0 Å². The fraction of sp³-hybridized carbons (Fsp3) is 0.500. The Morgan fingerprint density at radius 3 is 2.69 bits per heavy atom. The van der Waals surface area contributed by atoms with Gasteiger partial charge in [-0.3, -0.25) is 0 Å². The Labute approximate surface area is 100 Å². The molecular weight excluding hydrogens is 225 g/mol. The first kappa shape index (κ1) is 13.5. The topological polar surface area (TPSA) is 23.5 Å². The van der Waals surface area contributed by atoms with Crippen LogP contribution in [-0.2, 0) is 0 Å². The third kappa shape index (κ3) is 4.51. The van der Waals surface area contributed by atoms with Crippen LogP contribution in [0.25, 0.3) is 0 Å². The van der Waals surface area contributed by atoms with Gasteiger partial charge >= 0.3 is 0 Å². The molecule has 0 bridgehead atoms. The summed E-state index contributed by atoms with van der Waals surface area (Å²) in [5.74, 6) is 0.687. The van der Waals surface area contributed by atoms with Gasteiger partial charge in [-0.1, -0.05) is 19.1 Å². The van der Waals surface area contributed by atoms with Crippen molar-refractivity contribution in [3.05, 3.63) is 30.1 Å². The predicted molar refractivity (Wildman–Crippen MR) is 66.3 cm³/mol. The minimum absolute atomic E-state index is 0.155. The van der Waals surface area contributed by atoms with Gasteiger partial charge in [-0.15, -0.1) is 11.8 Å². The molecule has 16 heavy (non-hydrogen) atoms. The highest BCUT2D eigenvalue weighted by atomic mass is 32.2. The van der Waals surface area contributed by atoms with Crippen LogP contribution in [0.4, 0.5) is 4.39 Å². The number of likely N-dealkylation sites (N-methyl/N-ethyl adjacent to an activating group) is 1. The van der Waals surface area contributed by atoms with Gasteiger partial charge in [0.1, 0.15) is 5.82 Å². The number of hydrogen-bond acceptors (Lipinski definition) is 3. The van der Waals surface area contributed by atoms with Crippen molar-refractivity contribution in [1.29, 1.82) is 0 Å². The highest BCUT2D eigenvalue weighted by Gasteiger charge is 2.04. The van der Waals surface area contributed by atoms with Crippen molar-refractivity contribution in [1.82, 2.24) is 4.90 Å². The van der Waals surface area contributed by atoms with Crippen LogP contribution >= 0.6 is 11.8 Å². The molecule has 90 valence electrons. The maximum Gasteiger partial charge on any atom is 0.136 e. The van der Waals surface area contributed by atoms with Crippen molar-refractivity contribution >= 4 is 11.8 Å². The lowest BCUT2D eigenvalue weighted by atomic mass is 10.3. The van der Waals surface area contributed by atoms with Crippen molar-refractivity contribution in [3.63, 3.8) is 0 Å². The molecule has 0 fully saturated rings. The Bertz CT molecular complexity index is 309. The summed E-state index contributed by atoms with van der Waals surface area (Å²) in [5, 5.41) is 8.82. The van der Waals surface area contributed by atoms with Gasteiger partial charge in [-0.05, 0) is 18.7 Å². The zero-order valence-corrected chi connectivity index (χ0v) is 10.3. The molecule has 0 aliphatic heterocycles. The molecule has 0 atom stereocenters. The number of aliphatic hydroxyl groups is 1. The lowest BCUT2D eigenvalue weighted by molar-refractivity contribution is 0.209. The minimum atomic E-state index is -0.155. The van der Waals surface area contributed by atoms with Crippen molar-refractivity contribution in [2.45, 2.75) is 11.8 Å². The molecule has 0 saturated heterocycles. The lowest BCUT2D eigenvalue weighted by Crippen LogP contribution is -2.28. The summed E-state index contributed by atoms with van der Waals surface area (Å²) < 4.78 is 13.3. The first-order chi connectivity index (χ1) is 7.77. The maximum absolute atomic E-state index is 13.3. The second-order valence-electron chi connectivity index (χ2n) is 3.44. The molecule has 4 heteroatoms. The van der Waals surface area contributed by atoms with Crippen LogP contribution in [0.5, 0.6) is 0 Å². The van der Waals surface area contributed by atoms with Gasteiger partial charge in [0.15, 0.2) is 0 Å². The van der Waals surface area contributed by atoms with Gasteiger partial charge in [0.05, 0.1) is 6.61 Å². The number of hydrogen-bond donors (Lipinski definition) is 1. The fourth-order valence-corrected chi connectivity index (χ4v) is 2.37. The van der Waals surface area contributed by atoms with Gasteiger partial charge in [-0.2, -0.15) is 0 Å². The van der Waals surface area contributed by atoms with Crippen LogP contribution in [0.15, 0.2) is 29.2 Å². The number of benzene rings is 1. The van der Waals surface area contributed by atoms with E-state index in [4.69, 9.17) is 5.11 Å². The molecule has 0 saturated carbocycles. The zero-order valence-electron chi connectivity index (χ0n) is 9.53. The molecule has 0 aliphatic rings. The van der Waals surface area contributed by atoms with Crippen LogP contribution in [0.1, 0.15) is 6.92 Å². The van der Waals surface area contributed by atoms with Gasteiger partial charge in [0.2, 0.25) is 0 Å². The molecule has 0 radical (unpaired) electrons. The fourth-order valence-electron chi connectivity index (χ4n) is 1.42. The summed E-state index contributed by atoms with van der Waals surface area (Å²) in [6.45, 7) is 4.71. The number of nitrogens with zero attached hydrogens (tertiary/aromatic N) is 1. The summed E-state index contributed by atoms with van der Waals surface area (Å²) in [7, 11) is 0. The van der Waals surface area contributed by atoms with Crippen molar-refractivity contribution in [3.8, 4) is 0 Å². The average molecular weight is 243 g/mol. The third-order valence-electron chi connectivity index (χ3n) is 2.37. The predicted octanol–water partition coefficient (Wildman–Crippen LogP) is 2.23. The molecule has 0 aromatic heterocycles. The molecule has 1 aromatic rings. The molecule has 1 N–H and O–H groups in total. The Morgan fingerprint density at radius 1 is 1.31 bits per heavy atom. The van der Waals surface area contributed by atoms with Crippen molar-refractivity contribution in [2.75, 3.05) is 32.0 Å². The van der Waals surface area contributed by atoms with Crippen LogP contribution < -0.4 is 0 Å². The van der Waals surface area contributed by atoms with Crippen LogP contribution in [0.3, 0.4) is 0 Å². The smallest absolute Gasteiger partial charge is 0.136 e. The Hall–Kier alpha value is -0.580. The first-order valence-electron chi connectivity index (χ1n) is 5.48. The van der Waals surface area contributed by atoms with E-state index in [-0.39, 0.29) is 12.4 Å². The molecule has 0 amide bonds. The normalized spacial score (nSPS) is 11.0. The van der Waals surface area contributed by atoms with Crippen LogP contribution in [0.2, 0.25) is 0 Å². The van der Waals surface area contributed by atoms with Gasteiger partial charge in [0.25, 0.3) is 0 Å². The van der Waals surface area contributed by atoms with Crippen LogP contribution in [0, 0.1) is 5.82 Å². The quantitative estimate of drug-likeness (QED) is 0.743. The SMILES string of the molecule is CCN(CCO)CCSc1ccccc1F. The maximum atomic E-state index is 13.3. The van der Waals surface area contributed by atoms with Gasteiger partial charge < -0.3 is 10.0 Å². The number of halogens is 1. The number of rotatable bonds is 7. The summed E-state index contributed by atoms with van der Waals surface area (Å²) in [5.41, 5.74) is 0. The second kappa shape index (κ2) is 7.65. The highest BCUT2D eigenvalue weighted by molar-refractivity contribution is 7.99. The van der Waals surface area contributed by atoms with E-state index in [2.05, 4.69) is 11.8 Å². The van der Waals surface area contributed by atoms with E-state index in [9.17, 15) is 4.39 Å². The molecule has 0 spiro atoms. The Kier molecular flexibility index (Phi) is 6.45. The standard InChI is InChI=1S/C12H18FNOS/c1-2-14(7-9-15)8-10-16-12-6-4-3-5-11(12)13/h3-6,15H,2,7-10H2,1H3. The number of aliphatic hydroxyl groups excluding tert-OH is 1. The third-order valence-corrected chi connectivity index (χ3v) is 3.39. The zero-order chi connectivity index (χ0) is 11.8. The van der Waals surface area contributed by atoms with E-state index in [0.717, 1.165) is 18.8 Å². The molecule has 2 nitrogen and oxygen atoms in total. The van der Waals surface area contributed by atoms with E-state index < -0.39 is 0 Å². The second-order valence-corrected chi connectivity index (χ2v) is 4.57. The summed E-state index contributed by atoms with van der Waals surface area (Å²) in [6, 6.07) is 6.82. The van der Waals surface area contributed by atoms with E-state index in [1.807, 2.05) is 6.07 Å². The van der Waals surface area contributed by atoms with E-state index >= 15 is 0 Å². The van der Waals surface area contributed by atoms with Gasteiger partial charge in [-0.25, -0.2) is 4.39 Å². The molecule has 0 heterocycles. The summed E-state index contributed by atoms with van der Waals surface area (Å²) >= 11 is 1.52. The lowest BCUT2D eigenvalue weighted by Gasteiger charge is -2.18. The minimum Gasteiger partial charge on any atom is -0.395 e. The monoisotopic (exact) mass is 243 g/mol. The molecular formula is C12H18FNOS. The molecule has 0 unspecified atom stereocenters. The largest absolute Gasteiger partial charge is 0.395 e. The van der Waals surface area contributed by atoms with E-state index in [0.29, 0.717) is 11.4 Å². The molecule has 1 aromatic carbocycles.